The predicted molar refractivity (Wildman–Crippen MR) is 86.0 cm³/mol. The number of ether oxygens (including phenoxy) is 1. The highest BCUT2D eigenvalue weighted by Crippen LogP contribution is 2.25. The molecule has 0 spiro atoms. The zero-order chi connectivity index (χ0) is 17.3. The van der Waals surface area contributed by atoms with Crippen LogP contribution in [0.2, 0.25) is 0 Å². The van der Waals surface area contributed by atoms with Crippen molar-refractivity contribution in [3.05, 3.63) is 42.0 Å². The van der Waals surface area contributed by atoms with E-state index in [0.29, 0.717) is 11.0 Å². The molecule has 4 nitrogen and oxygen atoms in total. The average molecular weight is 329 g/mol. The third-order valence-electron chi connectivity index (χ3n) is 3.93. The van der Waals surface area contributed by atoms with Crippen molar-refractivity contribution >= 4 is 35.8 Å². The normalized spacial score (nSPS) is 19.3. The Hall–Kier alpha value is -2.28. The van der Waals surface area contributed by atoms with Gasteiger partial charge in [-0.25, -0.2) is 8.78 Å². The summed E-state index contributed by atoms with van der Waals surface area (Å²) in [6.07, 6.45) is -0.614. The zero-order valence-corrected chi connectivity index (χ0v) is 12.7. The van der Waals surface area contributed by atoms with Crippen molar-refractivity contribution in [1.29, 1.82) is 0 Å². The van der Waals surface area contributed by atoms with Gasteiger partial charge in [-0.1, -0.05) is 35.8 Å². The van der Waals surface area contributed by atoms with Gasteiger partial charge in [0.25, 0.3) is 5.92 Å². The average Bonchev–Trinajstić information content (AvgIpc) is 2.91. The van der Waals surface area contributed by atoms with E-state index >= 15 is 0 Å². The highest BCUT2D eigenvalue weighted by molar-refractivity contribution is 6.33. The molecule has 1 N–H and O–H groups in total. The van der Waals surface area contributed by atoms with E-state index in [1.54, 1.807) is 36.4 Å². The first-order valence-corrected chi connectivity index (χ1v) is 7.44. The van der Waals surface area contributed by atoms with E-state index in [2.05, 4.69) is 5.32 Å². The minimum atomic E-state index is -2.92. The lowest BCUT2D eigenvalue weighted by Crippen LogP contribution is -2.33. The number of rotatable bonds is 4. The molecule has 0 amide bonds. The number of ketones is 1. The fourth-order valence-corrected chi connectivity index (χ4v) is 2.64. The summed E-state index contributed by atoms with van der Waals surface area (Å²) in [5.74, 6) is -4.16. The van der Waals surface area contributed by atoms with Crippen molar-refractivity contribution in [1.82, 2.24) is 5.32 Å². The number of esters is 1. The molecule has 3 rings (SSSR count). The van der Waals surface area contributed by atoms with Gasteiger partial charge in [0.1, 0.15) is 13.9 Å². The molecule has 2 aromatic carbocycles. The molecule has 1 fully saturated rings. The van der Waals surface area contributed by atoms with Gasteiger partial charge < -0.3 is 4.74 Å². The Morgan fingerprint density at radius 3 is 2.62 bits per heavy atom. The van der Waals surface area contributed by atoms with E-state index in [1.807, 2.05) is 0 Å². The van der Waals surface area contributed by atoms with Crippen LogP contribution in [0.4, 0.5) is 8.78 Å². The molecule has 0 aliphatic carbocycles. The van der Waals surface area contributed by atoms with Gasteiger partial charge in [0.2, 0.25) is 0 Å². The number of carbonyl (C=O) groups excluding carboxylic acids is 2. The zero-order valence-electron chi connectivity index (χ0n) is 12.7. The minimum absolute atomic E-state index is 0.379. The first-order chi connectivity index (χ1) is 11.3. The summed E-state index contributed by atoms with van der Waals surface area (Å²) in [5, 5.41) is 4.11. The fourth-order valence-electron chi connectivity index (χ4n) is 2.64. The van der Waals surface area contributed by atoms with Crippen molar-refractivity contribution in [2.75, 3.05) is 13.2 Å². The molecule has 1 saturated heterocycles. The van der Waals surface area contributed by atoms with Gasteiger partial charge in [0, 0.05) is 12.0 Å². The summed E-state index contributed by atoms with van der Waals surface area (Å²) in [6.45, 7) is -1.04. The van der Waals surface area contributed by atoms with E-state index in [9.17, 15) is 18.4 Å². The van der Waals surface area contributed by atoms with Crippen LogP contribution in [-0.4, -0.2) is 44.7 Å². The highest BCUT2D eigenvalue weighted by atomic mass is 19.3. The molecule has 1 aliphatic heterocycles. The number of alkyl halides is 2. The molecule has 1 heterocycles. The maximum atomic E-state index is 13.0. The van der Waals surface area contributed by atoms with Gasteiger partial charge >= 0.3 is 5.97 Å². The van der Waals surface area contributed by atoms with Crippen molar-refractivity contribution in [2.45, 2.75) is 18.4 Å². The lowest BCUT2D eigenvalue weighted by atomic mass is 9.93. The number of halogens is 2. The van der Waals surface area contributed by atoms with Crippen molar-refractivity contribution in [3.63, 3.8) is 0 Å². The highest BCUT2D eigenvalue weighted by Gasteiger charge is 2.43. The molecular weight excluding hydrogens is 315 g/mol. The Balaban J connectivity index is 1.63. The molecule has 2 radical (unpaired) electrons. The standard InChI is InChI=1S/C17H14BF2NO3/c18-13-4-3-10-5-12(2-1-11(10)6-13)15(22)8-24-16(23)14-7-17(19,20)9-21-14/h1-6,14,21H,7-9H2/t14-/m0/s1. The van der Waals surface area contributed by atoms with Crippen LogP contribution in [0.15, 0.2) is 36.4 Å². The third-order valence-corrected chi connectivity index (χ3v) is 3.93. The lowest BCUT2D eigenvalue weighted by molar-refractivity contribution is -0.145. The molecule has 0 saturated carbocycles. The van der Waals surface area contributed by atoms with Gasteiger partial charge in [0.15, 0.2) is 12.4 Å². The van der Waals surface area contributed by atoms with Crippen molar-refractivity contribution in [2.24, 2.45) is 0 Å². The molecule has 122 valence electrons. The Morgan fingerprint density at radius 1 is 1.21 bits per heavy atom. The first kappa shape index (κ1) is 16.6. The van der Waals surface area contributed by atoms with Gasteiger partial charge in [-0.05, 0) is 16.8 Å². The van der Waals surface area contributed by atoms with Crippen LogP contribution in [-0.2, 0) is 9.53 Å². The third kappa shape index (κ3) is 3.62. The second-order valence-corrected chi connectivity index (χ2v) is 5.85. The quantitative estimate of drug-likeness (QED) is 0.523. The summed E-state index contributed by atoms with van der Waals surface area (Å²) in [6, 6.07) is 9.26. The Morgan fingerprint density at radius 2 is 1.92 bits per heavy atom. The van der Waals surface area contributed by atoms with Crippen LogP contribution in [0.3, 0.4) is 0 Å². The van der Waals surface area contributed by atoms with E-state index in [0.717, 1.165) is 10.8 Å². The fraction of sp³-hybridized carbons (Fsp3) is 0.294. The number of carbonyl (C=O) groups is 2. The number of fused-ring (bicyclic) bond motifs is 1. The van der Waals surface area contributed by atoms with Crippen LogP contribution in [0, 0.1) is 0 Å². The molecular formula is C17H14BF2NO3. The summed E-state index contributed by atoms with van der Waals surface area (Å²) in [7, 11) is 5.70. The van der Waals surface area contributed by atoms with Crippen LogP contribution in [0.1, 0.15) is 16.8 Å². The van der Waals surface area contributed by atoms with Crippen molar-refractivity contribution < 1.29 is 23.1 Å². The van der Waals surface area contributed by atoms with Gasteiger partial charge in [-0.3, -0.25) is 14.9 Å². The van der Waals surface area contributed by atoms with Crippen LogP contribution in [0.5, 0.6) is 0 Å². The van der Waals surface area contributed by atoms with Gasteiger partial charge in [-0.15, -0.1) is 0 Å². The number of nitrogens with one attached hydrogen (secondary N) is 1. The Bertz CT molecular complexity index is 810. The summed E-state index contributed by atoms with van der Waals surface area (Å²) >= 11 is 0. The molecule has 1 aliphatic rings. The van der Waals surface area contributed by atoms with Crippen LogP contribution in [0.25, 0.3) is 10.8 Å². The van der Waals surface area contributed by atoms with Crippen molar-refractivity contribution in [3.8, 4) is 0 Å². The molecule has 24 heavy (non-hydrogen) atoms. The Kier molecular flexibility index (Phi) is 4.36. The second-order valence-electron chi connectivity index (χ2n) is 5.85. The number of hydrogen-bond acceptors (Lipinski definition) is 4. The number of Topliss-reactive ketones (excluding diaryl/α,β-unsaturated/α-hetero) is 1. The maximum Gasteiger partial charge on any atom is 0.323 e. The predicted octanol–water partition coefficient (Wildman–Crippen LogP) is 1.36. The largest absolute Gasteiger partial charge is 0.456 e. The lowest BCUT2D eigenvalue weighted by Gasteiger charge is -2.10. The molecule has 1 atom stereocenters. The summed E-state index contributed by atoms with van der Waals surface area (Å²) in [4.78, 5) is 23.9. The van der Waals surface area contributed by atoms with E-state index in [1.165, 1.54) is 0 Å². The smallest absolute Gasteiger partial charge is 0.323 e. The van der Waals surface area contributed by atoms with Gasteiger partial charge in [-0.2, -0.15) is 0 Å². The Labute approximate surface area is 138 Å². The minimum Gasteiger partial charge on any atom is -0.456 e. The van der Waals surface area contributed by atoms with Gasteiger partial charge in [0.05, 0.1) is 6.54 Å². The second kappa shape index (κ2) is 6.32. The molecule has 2 aromatic rings. The maximum absolute atomic E-state index is 13.0. The monoisotopic (exact) mass is 329 g/mol. The summed E-state index contributed by atoms with van der Waals surface area (Å²) < 4.78 is 31.0. The first-order valence-electron chi connectivity index (χ1n) is 7.44. The molecule has 0 aromatic heterocycles. The molecule has 0 bridgehead atoms. The number of benzene rings is 2. The SMILES string of the molecule is [B]c1ccc2cc(C(=O)COC(=O)[C@@H]3CC(F)(F)CN3)ccc2c1. The van der Waals surface area contributed by atoms with Crippen LogP contribution < -0.4 is 10.8 Å². The molecule has 7 heteroatoms. The van der Waals surface area contributed by atoms with Crippen LogP contribution >= 0.6 is 0 Å². The summed E-state index contributed by atoms with van der Waals surface area (Å²) in [5.41, 5.74) is 1.00. The van der Waals surface area contributed by atoms with E-state index in [4.69, 9.17) is 12.6 Å². The molecule has 0 unspecified atom stereocenters. The number of hydrogen-bond donors (Lipinski definition) is 1. The van der Waals surface area contributed by atoms with E-state index < -0.39 is 43.3 Å². The van der Waals surface area contributed by atoms with E-state index in [-0.39, 0.29) is 0 Å². The topological polar surface area (TPSA) is 55.4 Å².